The monoisotopic (exact) mass is 478 g/mol. The van der Waals surface area contributed by atoms with E-state index in [1.165, 1.54) is 0 Å². The smallest absolute Gasteiger partial charge is 0.134 e. The van der Waals surface area contributed by atoms with Crippen LogP contribution in [0.15, 0.2) is 54.6 Å². The van der Waals surface area contributed by atoms with Gasteiger partial charge < -0.3 is 34.1 Å². The maximum absolute atomic E-state index is 5.77. The highest BCUT2D eigenvalue weighted by atomic mass is 16.5. The predicted molar refractivity (Wildman–Crippen MR) is 141 cm³/mol. The van der Waals surface area contributed by atoms with Gasteiger partial charge in [0.05, 0.1) is 26.9 Å². The zero-order valence-electron chi connectivity index (χ0n) is 20.2. The zero-order valence-corrected chi connectivity index (χ0v) is 20.2. The summed E-state index contributed by atoms with van der Waals surface area (Å²) in [5.74, 6) is 1.99. The van der Waals surface area contributed by atoms with Crippen molar-refractivity contribution in [2.45, 2.75) is 0 Å². The van der Waals surface area contributed by atoms with Crippen LogP contribution < -0.4 is 35.6 Å². The molecule has 4 N–H and O–H groups in total. The summed E-state index contributed by atoms with van der Waals surface area (Å²) in [5.41, 5.74) is 5.77. The fourth-order valence-corrected chi connectivity index (χ4v) is 4.61. The lowest BCUT2D eigenvalue weighted by Gasteiger charge is -2.14. The van der Waals surface area contributed by atoms with Crippen molar-refractivity contribution in [1.82, 2.24) is 19.9 Å². The predicted octanol–water partition coefficient (Wildman–Crippen LogP) is 2.32. The van der Waals surface area contributed by atoms with Gasteiger partial charge in [-0.15, -0.1) is 0 Å². The van der Waals surface area contributed by atoms with Crippen molar-refractivity contribution in [1.29, 1.82) is 0 Å². The highest BCUT2D eigenvalue weighted by molar-refractivity contribution is 5.80. The van der Waals surface area contributed by atoms with E-state index in [1.54, 1.807) is 21.3 Å². The molecule has 36 heavy (non-hydrogen) atoms. The highest BCUT2D eigenvalue weighted by Gasteiger charge is 2.18. The third-order valence-electron chi connectivity index (χ3n) is 6.28. The molecule has 0 atom stereocenters. The summed E-state index contributed by atoms with van der Waals surface area (Å²) in [6.45, 7) is 0. The van der Waals surface area contributed by atoms with Crippen LogP contribution in [-0.2, 0) is 0 Å². The van der Waals surface area contributed by atoms with E-state index >= 15 is 0 Å². The summed E-state index contributed by atoms with van der Waals surface area (Å²) in [6.07, 6.45) is 8.35. The van der Waals surface area contributed by atoms with Crippen LogP contribution in [0.1, 0.15) is 22.8 Å². The Morgan fingerprint density at radius 3 is 1.56 bits per heavy atom. The second kappa shape index (κ2) is 8.78. The van der Waals surface area contributed by atoms with Crippen LogP contribution in [0.4, 0.5) is 0 Å². The number of H-pyrrole nitrogens is 4. The zero-order chi connectivity index (χ0) is 24.6. The minimum absolute atomic E-state index is 0.664. The summed E-state index contributed by atoms with van der Waals surface area (Å²) in [7, 11) is 4.93. The molecule has 0 spiro atoms. The van der Waals surface area contributed by atoms with Gasteiger partial charge in [-0.3, -0.25) is 0 Å². The number of hydrogen-bond acceptors (Lipinski definition) is 3. The third-order valence-corrected chi connectivity index (χ3v) is 6.28. The second-order valence-electron chi connectivity index (χ2n) is 8.64. The Morgan fingerprint density at radius 2 is 1.03 bits per heavy atom. The molecule has 6 rings (SSSR count). The standard InChI is InChI=1S/C29H26N4O3/c1-34-24-15-27(35-2)29(28(16-24)36-3)25-13-23-12-21-7-6-19(31-21)10-17-4-5-18(30-17)11-20-8-9-22(32-20)14-26(25)33-23/h4-16,30-33H,1-3H3. The van der Waals surface area contributed by atoms with Crippen molar-refractivity contribution < 1.29 is 14.2 Å². The Morgan fingerprint density at radius 1 is 0.500 bits per heavy atom. The van der Waals surface area contributed by atoms with E-state index in [0.29, 0.717) is 17.2 Å². The van der Waals surface area contributed by atoms with Crippen molar-refractivity contribution in [2.75, 3.05) is 21.3 Å². The Labute approximate surface area is 207 Å². The first-order valence-corrected chi connectivity index (χ1v) is 11.6. The van der Waals surface area contributed by atoms with Crippen molar-refractivity contribution in [3.63, 3.8) is 0 Å². The fraction of sp³-hybridized carbons (Fsp3) is 0.103. The van der Waals surface area contributed by atoms with Crippen LogP contribution in [0, 0.1) is 0 Å². The molecule has 0 unspecified atom stereocenters. The van der Waals surface area contributed by atoms with Crippen LogP contribution in [0.5, 0.6) is 17.2 Å². The maximum Gasteiger partial charge on any atom is 0.134 e. The molecular weight excluding hydrogens is 452 g/mol. The minimum Gasteiger partial charge on any atom is -0.496 e. The fourth-order valence-electron chi connectivity index (χ4n) is 4.61. The SMILES string of the molecule is COc1cc(OC)c(-c2cc3[nH]c2=Cc2ccc([nH]2)C=c2ccc([nH]2)=Cc2ccc([nH]2)C=3)c(OC)c1. The maximum atomic E-state index is 5.77. The number of aromatic amines is 4. The van der Waals surface area contributed by atoms with Crippen molar-refractivity contribution in [3.05, 3.63) is 98.8 Å². The van der Waals surface area contributed by atoms with Gasteiger partial charge in [0.1, 0.15) is 17.2 Å². The molecule has 1 aromatic carbocycles. The van der Waals surface area contributed by atoms with Crippen LogP contribution in [0.2, 0.25) is 0 Å². The summed E-state index contributed by atoms with van der Waals surface area (Å²) in [5, 5.41) is 3.92. The number of rotatable bonds is 4. The second-order valence-corrected chi connectivity index (χ2v) is 8.64. The molecular formula is C29H26N4O3. The van der Waals surface area contributed by atoms with Gasteiger partial charge >= 0.3 is 0 Å². The van der Waals surface area contributed by atoms with Crippen LogP contribution in [0.25, 0.3) is 35.4 Å². The van der Waals surface area contributed by atoms with E-state index in [2.05, 4.69) is 86.7 Å². The first kappa shape index (κ1) is 21.7. The first-order chi connectivity index (χ1) is 17.6. The van der Waals surface area contributed by atoms with Gasteiger partial charge in [-0.2, -0.15) is 0 Å². The number of hydrogen-bond donors (Lipinski definition) is 4. The summed E-state index contributed by atoms with van der Waals surface area (Å²) < 4.78 is 17.0. The molecule has 7 heteroatoms. The number of nitrogens with one attached hydrogen (secondary N) is 4. The number of benzene rings is 1. The lowest BCUT2D eigenvalue weighted by molar-refractivity contribution is 0.377. The summed E-state index contributed by atoms with van der Waals surface area (Å²) in [6, 6.07) is 18.2. The van der Waals surface area contributed by atoms with Gasteiger partial charge in [-0.05, 0) is 66.8 Å². The van der Waals surface area contributed by atoms with Crippen LogP contribution in [-0.4, -0.2) is 41.3 Å². The minimum atomic E-state index is 0.664. The van der Waals surface area contributed by atoms with Crippen LogP contribution in [0.3, 0.4) is 0 Å². The molecule has 180 valence electrons. The van der Waals surface area contributed by atoms with Gasteiger partial charge in [0, 0.05) is 61.9 Å². The Hall–Kier alpha value is -4.78. The van der Waals surface area contributed by atoms with E-state index in [4.69, 9.17) is 14.2 Å². The van der Waals surface area contributed by atoms with E-state index in [0.717, 1.165) is 55.3 Å². The van der Waals surface area contributed by atoms with Crippen molar-refractivity contribution in [3.8, 4) is 28.4 Å². The average molecular weight is 479 g/mol. The first-order valence-electron chi connectivity index (χ1n) is 11.6. The molecule has 5 aromatic rings. The van der Waals surface area contributed by atoms with Gasteiger partial charge in [-0.1, -0.05) is 0 Å². The Kier molecular flexibility index (Phi) is 5.30. The van der Waals surface area contributed by atoms with E-state index in [-0.39, 0.29) is 0 Å². The van der Waals surface area contributed by atoms with E-state index < -0.39 is 0 Å². The van der Waals surface area contributed by atoms with Crippen LogP contribution >= 0.6 is 0 Å². The van der Waals surface area contributed by atoms with Crippen molar-refractivity contribution >= 4 is 24.3 Å². The molecule has 0 fully saturated rings. The van der Waals surface area contributed by atoms with Crippen molar-refractivity contribution in [2.24, 2.45) is 0 Å². The molecule has 7 nitrogen and oxygen atoms in total. The van der Waals surface area contributed by atoms with E-state index in [9.17, 15) is 0 Å². The molecule has 1 aliphatic heterocycles. The number of aromatic nitrogens is 4. The molecule has 0 radical (unpaired) electrons. The molecule has 0 saturated heterocycles. The topological polar surface area (TPSA) is 90.9 Å². The van der Waals surface area contributed by atoms with E-state index in [1.807, 2.05) is 12.1 Å². The third kappa shape index (κ3) is 4.01. The molecule has 0 aliphatic carbocycles. The molecule has 1 aliphatic rings. The molecule has 8 bridgehead atoms. The summed E-state index contributed by atoms with van der Waals surface area (Å²) in [4.78, 5) is 14.0. The Balaban J connectivity index is 1.64. The molecule has 4 aromatic heterocycles. The Bertz CT molecular complexity index is 1790. The quantitative estimate of drug-likeness (QED) is 0.314. The highest BCUT2D eigenvalue weighted by Crippen LogP contribution is 2.40. The van der Waals surface area contributed by atoms with Gasteiger partial charge in [0.2, 0.25) is 0 Å². The average Bonchev–Trinajstić information content (AvgIpc) is 3.68. The number of fused-ring (bicyclic) bond motifs is 8. The lowest BCUT2D eigenvalue weighted by Crippen LogP contribution is -2.12. The summed E-state index contributed by atoms with van der Waals surface area (Å²) >= 11 is 0. The molecule has 5 heterocycles. The molecule has 0 amide bonds. The number of ether oxygens (including phenoxy) is 3. The van der Waals surface area contributed by atoms with Gasteiger partial charge in [-0.25, -0.2) is 0 Å². The van der Waals surface area contributed by atoms with Gasteiger partial charge in [0.15, 0.2) is 0 Å². The largest absolute Gasteiger partial charge is 0.496 e. The normalized spacial score (nSPS) is 12.1. The van der Waals surface area contributed by atoms with Gasteiger partial charge in [0.25, 0.3) is 0 Å². The lowest BCUT2D eigenvalue weighted by atomic mass is 10.0. The molecule has 0 saturated carbocycles. The number of methoxy groups -OCH3 is 3.